The van der Waals surface area contributed by atoms with Crippen LogP contribution >= 0.6 is 0 Å². The van der Waals surface area contributed by atoms with Crippen molar-refractivity contribution >= 4 is 32.4 Å². The second-order valence-electron chi connectivity index (χ2n) is 7.87. The van der Waals surface area contributed by atoms with Crippen molar-refractivity contribution in [3.8, 4) is 23.0 Å². The molecule has 0 bridgehead atoms. The van der Waals surface area contributed by atoms with E-state index in [1.165, 1.54) is 0 Å². The highest BCUT2D eigenvalue weighted by Gasteiger charge is 2.21. The normalized spacial score (nSPS) is 12.9. The maximum absolute atomic E-state index is 13.8. The molecule has 5 rings (SSSR count). The molecule has 1 aliphatic rings. The highest BCUT2D eigenvalue weighted by atomic mass is 16.7. The molecule has 0 fully saturated rings. The van der Waals surface area contributed by atoms with E-state index in [0.29, 0.717) is 35.7 Å². The molecule has 7 heteroatoms. The van der Waals surface area contributed by atoms with E-state index < -0.39 is 0 Å². The topological polar surface area (TPSA) is 62.2 Å². The Kier molecular flexibility index (Phi) is 4.63. The molecule has 160 valence electrons. The van der Waals surface area contributed by atoms with Gasteiger partial charge in [-0.2, -0.15) is 0 Å². The molecule has 31 heavy (non-hydrogen) atoms. The van der Waals surface area contributed by atoms with Crippen molar-refractivity contribution in [2.75, 3.05) is 41.7 Å². The van der Waals surface area contributed by atoms with E-state index in [1.807, 2.05) is 42.9 Å². The van der Waals surface area contributed by atoms with Crippen LogP contribution in [0.15, 0.2) is 41.2 Å². The van der Waals surface area contributed by atoms with Gasteiger partial charge in [-0.05, 0) is 43.7 Å². The van der Waals surface area contributed by atoms with E-state index in [-0.39, 0.29) is 12.4 Å². The first-order valence-electron chi connectivity index (χ1n) is 10.1. The van der Waals surface area contributed by atoms with E-state index in [0.717, 1.165) is 32.8 Å². The van der Waals surface area contributed by atoms with Gasteiger partial charge in [0.05, 0.1) is 25.1 Å². The van der Waals surface area contributed by atoms with Crippen LogP contribution in [-0.4, -0.2) is 51.1 Å². The maximum atomic E-state index is 13.8. The third-order valence-electron chi connectivity index (χ3n) is 5.82. The number of fused-ring (bicyclic) bond motifs is 6. The number of benzene rings is 3. The molecular weight excluding hydrogens is 396 g/mol. The van der Waals surface area contributed by atoms with E-state index in [1.54, 1.807) is 14.2 Å². The van der Waals surface area contributed by atoms with Crippen LogP contribution in [0.3, 0.4) is 0 Å². The lowest BCUT2D eigenvalue weighted by molar-refractivity contribution is 0.174. The molecule has 0 radical (unpaired) electrons. The first kappa shape index (κ1) is 19.5. The molecule has 0 amide bonds. The van der Waals surface area contributed by atoms with Gasteiger partial charge >= 0.3 is 0 Å². The first-order valence-corrected chi connectivity index (χ1v) is 10.1. The molecular formula is C24H24N2O5. The minimum Gasteiger partial charge on any atom is -0.493 e. The number of aromatic nitrogens is 1. The fourth-order valence-electron chi connectivity index (χ4n) is 4.32. The Balaban J connectivity index is 1.96. The summed E-state index contributed by atoms with van der Waals surface area (Å²) in [6.45, 7) is 1.46. The predicted molar refractivity (Wildman–Crippen MR) is 121 cm³/mol. The zero-order chi connectivity index (χ0) is 21.7. The summed E-state index contributed by atoms with van der Waals surface area (Å²) in [5.74, 6) is 2.41. The molecule has 3 aromatic carbocycles. The Hall–Kier alpha value is -3.45. The fourth-order valence-corrected chi connectivity index (χ4v) is 4.32. The van der Waals surface area contributed by atoms with Crippen LogP contribution in [-0.2, 0) is 6.54 Å². The molecule has 1 aliphatic heterocycles. The van der Waals surface area contributed by atoms with Crippen molar-refractivity contribution in [2.45, 2.75) is 6.54 Å². The summed E-state index contributed by atoms with van der Waals surface area (Å²) in [6, 6.07) is 11.8. The van der Waals surface area contributed by atoms with Crippen molar-refractivity contribution in [3.63, 3.8) is 0 Å². The lowest BCUT2D eigenvalue weighted by Crippen LogP contribution is -2.27. The molecule has 1 aromatic heterocycles. The van der Waals surface area contributed by atoms with Gasteiger partial charge in [0.25, 0.3) is 5.56 Å². The number of hydrogen-bond donors (Lipinski definition) is 0. The summed E-state index contributed by atoms with van der Waals surface area (Å²) < 4.78 is 24.1. The Morgan fingerprint density at radius 2 is 1.71 bits per heavy atom. The van der Waals surface area contributed by atoms with Gasteiger partial charge < -0.3 is 28.4 Å². The second kappa shape index (κ2) is 7.35. The van der Waals surface area contributed by atoms with Gasteiger partial charge in [-0.15, -0.1) is 0 Å². The number of nitrogens with zero attached hydrogens (tertiary/aromatic N) is 2. The van der Waals surface area contributed by atoms with Crippen LogP contribution in [0.2, 0.25) is 0 Å². The number of pyridine rings is 1. The maximum Gasteiger partial charge on any atom is 0.262 e. The van der Waals surface area contributed by atoms with Gasteiger partial charge in [0.1, 0.15) is 0 Å². The number of likely N-dealkylation sites (N-methyl/N-ethyl adjacent to an activating group) is 1. The summed E-state index contributed by atoms with van der Waals surface area (Å²) in [5.41, 5.74) is 0.771. The molecule has 0 atom stereocenters. The summed E-state index contributed by atoms with van der Waals surface area (Å²) in [6.07, 6.45) is 0. The average Bonchev–Trinajstić information content (AvgIpc) is 3.23. The van der Waals surface area contributed by atoms with Crippen LogP contribution in [0.5, 0.6) is 23.0 Å². The van der Waals surface area contributed by atoms with E-state index >= 15 is 0 Å². The SMILES string of the molecule is COc1ccc2c(c1OC)c(=O)n(CCN(C)C)c1c3cc4c(cc3ccc21)OCO4. The van der Waals surface area contributed by atoms with Crippen LogP contribution in [0.4, 0.5) is 0 Å². The van der Waals surface area contributed by atoms with Crippen molar-refractivity contribution in [1.82, 2.24) is 9.47 Å². The van der Waals surface area contributed by atoms with Gasteiger partial charge in [-0.3, -0.25) is 4.79 Å². The number of ether oxygens (including phenoxy) is 4. The molecule has 7 nitrogen and oxygen atoms in total. The number of hydrogen-bond acceptors (Lipinski definition) is 6. The molecule has 0 N–H and O–H groups in total. The quantitative estimate of drug-likeness (QED) is 0.460. The van der Waals surface area contributed by atoms with Gasteiger partial charge in [0, 0.05) is 29.2 Å². The lowest BCUT2D eigenvalue weighted by atomic mass is 9.99. The highest BCUT2D eigenvalue weighted by Crippen LogP contribution is 2.41. The number of methoxy groups -OCH3 is 2. The van der Waals surface area contributed by atoms with Crippen molar-refractivity contribution < 1.29 is 18.9 Å². The van der Waals surface area contributed by atoms with Crippen molar-refractivity contribution in [1.29, 1.82) is 0 Å². The molecule has 0 saturated carbocycles. The first-order chi connectivity index (χ1) is 15.0. The molecule has 0 unspecified atom stereocenters. The van der Waals surface area contributed by atoms with E-state index in [9.17, 15) is 4.79 Å². The third kappa shape index (κ3) is 2.96. The monoisotopic (exact) mass is 420 g/mol. The summed E-state index contributed by atoms with van der Waals surface area (Å²) in [5, 5.41) is 4.27. The minimum atomic E-state index is -0.106. The standard InChI is InChI=1S/C24H24N2O5/c1-25(2)9-10-26-22-16(6-5-14-11-19-20(12-17(14)22)31-13-30-19)15-7-8-18(28-3)23(29-4)21(15)24(26)27/h5-8,11-12H,9-10,13H2,1-4H3. The van der Waals surface area contributed by atoms with Gasteiger partial charge in [0.15, 0.2) is 23.0 Å². The van der Waals surface area contributed by atoms with Crippen LogP contribution in [0, 0.1) is 0 Å². The molecule has 0 spiro atoms. The second-order valence-corrected chi connectivity index (χ2v) is 7.87. The average molecular weight is 420 g/mol. The molecule has 4 aromatic rings. The summed E-state index contributed by atoms with van der Waals surface area (Å²) in [7, 11) is 7.12. The number of rotatable bonds is 5. The Labute approximate surface area is 179 Å². The van der Waals surface area contributed by atoms with Crippen molar-refractivity contribution in [3.05, 3.63) is 46.8 Å². The smallest absolute Gasteiger partial charge is 0.262 e. The zero-order valence-electron chi connectivity index (χ0n) is 18.0. The van der Waals surface area contributed by atoms with Crippen LogP contribution < -0.4 is 24.5 Å². The Morgan fingerprint density at radius 1 is 0.968 bits per heavy atom. The van der Waals surface area contributed by atoms with Gasteiger partial charge in [0.2, 0.25) is 6.79 Å². The van der Waals surface area contributed by atoms with Crippen LogP contribution in [0.1, 0.15) is 0 Å². The highest BCUT2D eigenvalue weighted by molar-refractivity contribution is 6.17. The van der Waals surface area contributed by atoms with Gasteiger partial charge in [-0.25, -0.2) is 0 Å². The summed E-state index contributed by atoms with van der Waals surface area (Å²) in [4.78, 5) is 15.9. The molecule has 0 aliphatic carbocycles. The summed E-state index contributed by atoms with van der Waals surface area (Å²) >= 11 is 0. The lowest BCUT2D eigenvalue weighted by Gasteiger charge is -2.19. The predicted octanol–water partition coefficient (Wildman–Crippen LogP) is 3.62. The van der Waals surface area contributed by atoms with E-state index in [2.05, 4.69) is 17.0 Å². The fraction of sp³-hybridized carbons (Fsp3) is 0.292. The van der Waals surface area contributed by atoms with E-state index in [4.69, 9.17) is 18.9 Å². The minimum absolute atomic E-state index is 0.106. The largest absolute Gasteiger partial charge is 0.493 e. The zero-order valence-corrected chi connectivity index (χ0v) is 18.0. The van der Waals surface area contributed by atoms with Gasteiger partial charge in [-0.1, -0.05) is 12.1 Å². The molecule has 2 heterocycles. The Morgan fingerprint density at radius 3 is 2.42 bits per heavy atom. The third-order valence-corrected chi connectivity index (χ3v) is 5.82. The van der Waals surface area contributed by atoms with Crippen LogP contribution in [0.25, 0.3) is 32.4 Å². The Bertz CT molecular complexity index is 1390. The van der Waals surface area contributed by atoms with Crippen molar-refractivity contribution in [2.24, 2.45) is 0 Å². The molecule has 0 saturated heterocycles.